The summed E-state index contributed by atoms with van der Waals surface area (Å²) in [7, 11) is 0. The summed E-state index contributed by atoms with van der Waals surface area (Å²) in [4.78, 5) is 11.9. The molecular weight excluding hydrogens is 289 g/mol. The number of carbonyl (C=O) groups is 1. The quantitative estimate of drug-likeness (QED) is 0.822. The Morgan fingerprint density at radius 1 is 1.59 bits per heavy atom. The van der Waals surface area contributed by atoms with E-state index < -0.39 is 11.7 Å². The van der Waals surface area contributed by atoms with E-state index in [1.54, 1.807) is 0 Å². The Bertz CT molecular complexity index is 398. The smallest absolute Gasteiger partial charge is 0.255 e. The zero-order valence-electron chi connectivity index (χ0n) is 9.54. The lowest BCUT2D eigenvalue weighted by Crippen LogP contribution is -2.29. The first-order valence-electron chi connectivity index (χ1n) is 5.45. The van der Waals surface area contributed by atoms with E-state index in [4.69, 9.17) is 0 Å². The van der Waals surface area contributed by atoms with Gasteiger partial charge in [-0.3, -0.25) is 4.79 Å². The lowest BCUT2D eigenvalue weighted by Gasteiger charge is -2.10. The Kier molecular flexibility index (Phi) is 5.41. The van der Waals surface area contributed by atoms with Crippen LogP contribution in [0.1, 0.15) is 30.1 Å². The fraction of sp³-hybridized carbons (Fsp3) is 0.417. The molecular formula is C12H15BrFNO2. The number of rotatable bonds is 5. The summed E-state index contributed by atoms with van der Waals surface area (Å²) < 4.78 is 12.9. The molecule has 94 valence electrons. The van der Waals surface area contributed by atoms with Gasteiger partial charge in [-0.2, -0.15) is 0 Å². The molecule has 3 nitrogen and oxygen atoms in total. The van der Waals surface area contributed by atoms with Gasteiger partial charge in [0.1, 0.15) is 11.6 Å². The van der Waals surface area contributed by atoms with Gasteiger partial charge in [-0.25, -0.2) is 4.39 Å². The average Bonchev–Trinajstić information content (AvgIpc) is 2.29. The van der Waals surface area contributed by atoms with Crippen LogP contribution in [0.2, 0.25) is 0 Å². The monoisotopic (exact) mass is 303 g/mol. The second kappa shape index (κ2) is 6.59. The minimum atomic E-state index is -0.545. The zero-order chi connectivity index (χ0) is 12.8. The van der Waals surface area contributed by atoms with Gasteiger partial charge in [0.2, 0.25) is 0 Å². The van der Waals surface area contributed by atoms with E-state index in [9.17, 15) is 14.3 Å². The Morgan fingerprint density at radius 2 is 2.29 bits per heavy atom. The summed E-state index contributed by atoms with van der Waals surface area (Å²) in [5.41, 5.74) is -0.0406. The van der Waals surface area contributed by atoms with Crippen molar-refractivity contribution in [3.8, 4) is 5.75 Å². The zero-order valence-corrected chi connectivity index (χ0v) is 11.1. The third-order valence-corrected chi connectivity index (χ3v) is 3.07. The molecule has 0 aromatic heterocycles. The minimum Gasteiger partial charge on any atom is -0.507 e. The summed E-state index contributed by atoms with van der Waals surface area (Å²) in [5.74, 6) is -1.23. The number of alkyl halides is 1. The third-order valence-electron chi connectivity index (χ3n) is 2.29. The maximum absolute atomic E-state index is 12.9. The van der Waals surface area contributed by atoms with Crippen LogP contribution in [0, 0.1) is 5.82 Å². The highest BCUT2D eigenvalue weighted by atomic mass is 79.9. The maximum atomic E-state index is 12.9. The van der Waals surface area contributed by atoms with Crippen molar-refractivity contribution < 1.29 is 14.3 Å². The third kappa shape index (κ3) is 4.34. The summed E-state index contributed by atoms with van der Waals surface area (Å²) in [6.45, 7) is 2.50. The summed E-state index contributed by atoms with van der Waals surface area (Å²) >= 11 is 3.42. The van der Waals surface area contributed by atoms with Crippen molar-refractivity contribution in [3.05, 3.63) is 29.6 Å². The first-order chi connectivity index (χ1) is 8.04. The first kappa shape index (κ1) is 14.0. The van der Waals surface area contributed by atoms with Gasteiger partial charge in [0.15, 0.2) is 0 Å². The predicted molar refractivity (Wildman–Crippen MR) is 68.0 cm³/mol. The molecule has 0 aliphatic heterocycles. The molecule has 17 heavy (non-hydrogen) atoms. The molecule has 0 spiro atoms. The molecule has 0 aliphatic carbocycles. The summed E-state index contributed by atoms with van der Waals surface area (Å²) in [6.07, 6.45) is 1.95. The summed E-state index contributed by atoms with van der Waals surface area (Å²) in [6, 6.07) is 3.30. The molecule has 1 rings (SSSR count). The lowest BCUT2D eigenvalue weighted by molar-refractivity contribution is 0.0950. The lowest BCUT2D eigenvalue weighted by atomic mass is 10.1. The molecule has 1 aromatic carbocycles. The molecule has 1 atom stereocenters. The van der Waals surface area contributed by atoms with Crippen molar-refractivity contribution in [2.24, 2.45) is 0 Å². The van der Waals surface area contributed by atoms with Gasteiger partial charge in [0.25, 0.3) is 5.91 Å². The van der Waals surface area contributed by atoms with Crippen LogP contribution >= 0.6 is 15.9 Å². The van der Waals surface area contributed by atoms with Crippen LogP contribution in [0.5, 0.6) is 5.75 Å². The second-order valence-electron chi connectivity index (χ2n) is 3.76. The Morgan fingerprint density at radius 3 is 2.94 bits per heavy atom. The molecule has 0 radical (unpaired) electrons. The number of phenolic OH excluding ortho intramolecular Hbond substituents is 1. The molecule has 1 unspecified atom stereocenters. The number of halogens is 2. The number of benzene rings is 1. The van der Waals surface area contributed by atoms with Gasteiger partial charge in [0.05, 0.1) is 5.56 Å². The number of phenols is 1. The number of hydrogen-bond acceptors (Lipinski definition) is 2. The van der Waals surface area contributed by atoms with Crippen LogP contribution in [-0.2, 0) is 0 Å². The Hall–Kier alpha value is -1.10. The fourth-order valence-corrected chi connectivity index (χ4v) is 2.02. The van der Waals surface area contributed by atoms with Crippen LogP contribution in [0.25, 0.3) is 0 Å². The predicted octanol–water partition coefficient (Wildman–Crippen LogP) is 2.82. The van der Waals surface area contributed by atoms with Crippen molar-refractivity contribution >= 4 is 21.8 Å². The topological polar surface area (TPSA) is 49.3 Å². The van der Waals surface area contributed by atoms with Crippen LogP contribution < -0.4 is 5.32 Å². The molecule has 0 saturated heterocycles. The number of hydrogen-bond donors (Lipinski definition) is 2. The van der Waals surface area contributed by atoms with Crippen LogP contribution in [0.4, 0.5) is 4.39 Å². The number of nitrogens with one attached hydrogen (secondary N) is 1. The Balaban J connectivity index is 2.61. The molecule has 0 heterocycles. The molecule has 1 amide bonds. The van der Waals surface area contributed by atoms with Gasteiger partial charge in [0, 0.05) is 11.4 Å². The molecule has 0 fully saturated rings. The van der Waals surface area contributed by atoms with Gasteiger partial charge in [-0.05, 0) is 24.6 Å². The number of amides is 1. The average molecular weight is 304 g/mol. The summed E-state index contributed by atoms with van der Waals surface area (Å²) in [5, 5.41) is 12.1. The minimum absolute atomic E-state index is 0.0406. The van der Waals surface area contributed by atoms with E-state index in [1.165, 1.54) is 6.07 Å². The first-order valence-corrected chi connectivity index (χ1v) is 6.37. The van der Waals surface area contributed by atoms with E-state index in [0.717, 1.165) is 25.0 Å². The highest BCUT2D eigenvalue weighted by Gasteiger charge is 2.13. The van der Waals surface area contributed by atoms with Gasteiger partial charge < -0.3 is 10.4 Å². The van der Waals surface area contributed by atoms with Crippen molar-refractivity contribution in [3.63, 3.8) is 0 Å². The van der Waals surface area contributed by atoms with Crippen molar-refractivity contribution in [1.29, 1.82) is 0 Å². The van der Waals surface area contributed by atoms with E-state index in [1.807, 2.05) is 0 Å². The standard InChI is InChI=1S/C12H15BrFNO2/c1-2-3-8(13)7-15-12(17)10-6-9(14)4-5-11(10)16/h4-6,8,16H,2-3,7H2,1H3,(H,15,17). The van der Waals surface area contributed by atoms with E-state index in [-0.39, 0.29) is 16.1 Å². The van der Waals surface area contributed by atoms with Gasteiger partial charge in [-0.15, -0.1) is 0 Å². The van der Waals surface area contributed by atoms with E-state index in [2.05, 4.69) is 28.2 Å². The van der Waals surface area contributed by atoms with Crippen LogP contribution in [0.15, 0.2) is 18.2 Å². The Labute approximate surface area is 108 Å². The van der Waals surface area contributed by atoms with E-state index >= 15 is 0 Å². The molecule has 5 heteroatoms. The second-order valence-corrected chi connectivity index (χ2v) is 5.05. The van der Waals surface area contributed by atoms with Crippen molar-refractivity contribution in [2.45, 2.75) is 24.6 Å². The van der Waals surface area contributed by atoms with Crippen LogP contribution in [0.3, 0.4) is 0 Å². The normalized spacial score (nSPS) is 12.2. The number of aromatic hydroxyl groups is 1. The van der Waals surface area contributed by atoms with Crippen LogP contribution in [-0.4, -0.2) is 22.4 Å². The molecule has 0 saturated carbocycles. The number of carbonyl (C=O) groups excluding carboxylic acids is 1. The molecule has 0 bridgehead atoms. The van der Waals surface area contributed by atoms with Gasteiger partial charge in [-0.1, -0.05) is 29.3 Å². The fourth-order valence-electron chi connectivity index (χ4n) is 1.40. The largest absolute Gasteiger partial charge is 0.507 e. The van der Waals surface area contributed by atoms with Gasteiger partial charge >= 0.3 is 0 Å². The molecule has 0 aliphatic rings. The van der Waals surface area contributed by atoms with Crippen molar-refractivity contribution in [2.75, 3.05) is 6.54 Å². The SMILES string of the molecule is CCCC(Br)CNC(=O)c1cc(F)ccc1O. The molecule has 2 N–H and O–H groups in total. The van der Waals surface area contributed by atoms with Crippen molar-refractivity contribution in [1.82, 2.24) is 5.32 Å². The highest BCUT2D eigenvalue weighted by Crippen LogP contribution is 2.17. The molecule has 1 aromatic rings. The maximum Gasteiger partial charge on any atom is 0.255 e. The van der Waals surface area contributed by atoms with E-state index in [0.29, 0.717) is 6.54 Å². The highest BCUT2D eigenvalue weighted by molar-refractivity contribution is 9.09.